The van der Waals surface area contributed by atoms with Crippen LogP contribution < -0.4 is 5.43 Å². The predicted molar refractivity (Wildman–Crippen MR) is 86.1 cm³/mol. The highest BCUT2D eigenvalue weighted by atomic mass is 16.2. The number of nitrogens with zero attached hydrogens (tertiary/aromatic N) is 2. The molecule has 3 atom stereocenters. The van der Waals surface area contributed by atoms with Gasteiger partial charge in [-0.25, -0.2) is 0 Å². The smallest absolute Gasteiger partial charge is 0.270 e. The summed E-state index contributed by atoms with van der Waals surface area (Å²) >= 11 is 0. The van der Waals surface area contributed by atoms with Crippen molar-refractivity contribution < 1.29 is 9.59 Å². The first-order valence-corrected chi connectivity index (χ1v) is 8.07. The molecule has 0 spiro atoms. The van der Waals surface area contributed by atoms with Crippen LogP contribution >= 0.6 is 0 Å². The van der Waals surface area contributed by atoms with Crippen LogP contribution in [-0.2, 0) is 4.79 Å². The summed E-state index contributed by atoms with van der Waals surface area (Å²) in [6.45, 7) is 2.55. The molecule has 0 radical (unpaired) electrons. The van der Waals surface area contributed by atoms with Gasteiger partial charge in [0.05, 0.1) is 0 Å². The van der Waals surface area contributed by atoms with Crippen molar-refractivity contribution in [2.45, 2.75) is 32.2 Å². The minimum absolute atomic E-state index is 0.126. The van der Waals surface area contributed by atoms with Crippen molar-refractivity contribution in [2.75, 3.05) is 20.6 Å². The van der Waals surface area contributed by atoms with Gasteiger partial charge < -0.3 is 14.8 Å². The van der Waals surface area contributed by atoms with Gasteiger partial charge >= 0.3 is 0 Å². The maximum atomic E-state index is 12.6. The van der Waals surface area contributed by atoms with Crippen LogP contribution in [0.4, 0.5) is 0 Å². The lowest BCUT2D eigenvalue weighted by Gasteiger charge is -2.31. The van der Waals surface area contributed by atoms with Crippen LogP contribution in [0.1, 0.15) is 35.4 Å². The molecule has 3 rings (SSSR count). The minimum Gasteiger partial charge on any atom is -0.354 e. The van der Waals surface area contributed by atoms with Crippen LogP contribution in [0, 0.1) is 18.8 Å². The summed E-state index contributed by atoms with van der Waals surface area (Å²) in [5, 5.41) is 0. The van der Waals surface area contributed by atoms with E-state index >= 15 is 0 Å². The number of amides is 2. The van der Waals surface area contributed by atoms with E-state index in [1.54, 1.807) is 23.8 Å². The molecule has 6 heteroatoms. The molecule has 1 aromatic heterocycles. The standard InChI is InChI=1S/C17H23N3O3/c1-10-4-14(21)8-15(18-10)17(23)20(3)13-5-11-7-16(22)19(2)9-12(11)6-13/h4,8,11-13H,5-7,9H2,1-3H3,(H,18,21)/t11-,12+,13-/m1/s1. The lowest BCUT2D eigenvalue weighted by molar-refractivity contribution is -0.134. The normalized spacial score (nSPS) is 27.0. The number of piperidine rings is 1. The fourth-order valence-electron chi connectivity index (χ4n) is 3.96. The molecular weight excluding hydrogens is 294 g/mol. The highest BCUT2D eigenvalue weighted by Crippen LogP contribution is 2.40. The molecule has 0 unspecified atom stereocenters. The van der Waals surface area contributed by atoms with Crippen molar-refractivity contribution in [2.24, 2.45) is 11.8 Å². The summed E-state index contributed by atoms with van der Waals surface area (Å²) in [4.78, 5) is 42.6. The average Bonchev–Trinajstić information content (AvgIpc) is 2.88. The zero-order valence-electron chi connectivity index (χ0n) is 13.8. The second-order valence-electron chi connectivity index (χ2n) is 6.95. The van der Waals surface area contributed by atoms with Gasteiger partial charge in [0.25, 0.3) is 5.91 Å². The van der Waals surface area contributed by atoms with E-state index in [2.05, 4.69) is 4.98 Å². The zero-order chi connectivity index (χ0) is 16.7. The number of hydrogen-bond acceptors (Lipinski definition) is 3. The van der Waals surface area contributed by atoms with Crippen molar-refractivity contribution >= 4 is 11.8 Å². The van der Waals surface area contributed by atoms with Crippen LogP contribution in [0.2, 0.25) is 0 Å². The van der Waals surface area contributed by atoms with E-state index in [1.807, 2.05) is 7.05 Å². The van der Waals surface area contributed by atoms with E-state index < -0.39 is 0 Å². The molecule has 2 fully saturated rings. The molecule has 1 saturated heterocycles. The van der Waals surface area contributed by atoms with Gasteiger partial charge in [-0.1, -0.05) is 0 Å². The van der Waals surface area contributed by atoms with E-state index in [-0.39, 0.29) is 23.3 Å². The Bertz CT molecular complexity index is 697. The number of hydrogen-bond donors (Lipinski definition) is 1. The first-order valence-electron chi connectivity index (χ1n) is 8.07. The quantitative estimate of drug-likeness (QED) is 0.885. The van der Waals surface area contributed by atoms with E-state index in [9.17, 15) is 14.4 Å². The number of aromatic amines is 1. The molecule has 2 heterocycles. The van der Waals surface area contributed by atoms with Crippen molar-refractivity contribution in [3.05, 3.63) is 33.7 Å². The third-order valence-corrected chi connectivity index (χ3v) is 5.26. The summed E-state index contributed by atoms with van der Waals surface area (Å²) < 4.78 is 0. The summed E-state index contributed by atoms with van der Waals surface area (Å²) in [5.41, 5.74) is 0.854. The number of carbonyl (C=O) groups is 2. The minimum atomic E-state index is -0.162. The molecule has 1 aromatic rings. The Morgan fingerprint density at radius 1 is 1.26 bits per heavy atom. The van der Waals surface area contributed by atoms with Crippen LogP contribution in [0.5, 0.6) is 0 Å². The second-order valence-corrected chi connectivity index (χ2v) is 6.95. The fourth-order valence-corrected chi connectivity index (χ4v) is 3.96. The maximum Gasteiger partial charge on any atom is 0.270 e. The van der Waals surface area contributed by atoms with Crippen LogP contribution in [0.15, 0.2) is 16.9 Å². The first-order chi connectivity index (χ1) is 10.8. The van der Waals surface area contributed by atoms with Gasteiger partial charge in [0.15, 0.2) is 5.43 Å². The molecule has 1 saturated carbocycles. The lowest BCUT2D eigenvalue weighted by atomic mass is 9.88. The van der Waals surface area contributed by atoms with Crippen molar-refractivity contribution in [3.8, 4) is 0 Å². The Hall–Kier alpha value is -2.11. The van der Waals surface area contributed by atoms with E-state index in [4.69, 9.17) is 0 Å². The van der Waals surface area contributed by atoms with Gasteiger partial charge in [0, 0.05) is 50.9 Å². The van der Waals surface area contributed by atoms with Crippen LogP contribution in [0.25, 0.3) is 0 Å². The van der Waals surface area contributed by atoms with Gasteiger partial charge in [-0.3, -0.25) is 14.4 Å². The Morgan fingerprint density at radius 2 is 1.96 bits per heavy atom. The molecular formula is C17H23N3O3. The highest BCUT2D eigenvalue weighted by molar-refractivity contribution is 5.92. The highest BCUT2D eigenvalue weighted by Gasteiger charge is 2.42. The van der Waals surface area contributed by atoms with E-state index in [0.29, 0.717) is 29.6 Å². The molecule has 1 aliphatic heterocycles. The molecule has 0 aromatic carbocycles. The molecule has 124 valence electrons. The Kier molecular flexibility index (Phi) is 4.00. The van der Waals surface area contributed by atoms with Crippen LogP contribution in [0.3, 0.4) is 0 Å². The van der Waals surface area contributed by atoms with Gasteiger partial charge in [0.1, 0.15) is 5.69 Å². The number of aromatic nitrogens is 1. The van der Waals surface area contributed by atoms with Gasteiger partial charge in [-0.2, -0.15) is 0 Å². The number of fused-ring (bicyclic) bond motifs is 1. The van der Waals surface area contributed by atoms with Crippen molar-refractivity contribution in [1.82, 2.24) is 14.8 Å². The van der Waals surface area contributed by atoms with Gasteiger partial charge in [0.2, 0.25) is 5.91 Å². The predicted octanol–water partition coefficient (Wildman–Crippen LogP) is 1.01. The number of H-pyrrole nitrogens is 1. The maximum absolute atomic E-state index is 12.6. The third-order valence-electron chi connectivity index (χ3n) is 5.26. The molecule has 2 aliphatic rings. The molecule has 0 bridgehead atoms. The third kappa shape index (κ3) is 3.02. The average molecular weight is 317 g/mol. The van der Waals surface area contributed by atoms with Crippen LogP contribution in [-0.4, -0.2) is 53.3 Å². The zero-order valence-corrected chi connectivity index (χ0v) is 13.8. The molecule has 23 heavy (non-hydrogen) atoms. The van der Waals surface area contributed by atoms with E-state index in [1.165, 1.54) is 12.1 Å². The Balaban J connectivity index is 1.74. The molecule has 2 amide bonds. The van der Waals surface area contributed by atoms with Crippen molar-refractivity contribution in [3.63, 3.8) is 0 Å². The van der Waals surface area contributed by atoms with Gasteiger partial charge in [-0.15, -0.1) is 0 Å². The SMILES string of the molecule is Cc1cc(=O)cc(C(=O)N(C)[C@@H]2C[C@@H]3CC(=O)N(C)C[C@@H]3C2)[nH]1. The van der Waals surface area contributed by atoms with Gasteiger partial charge in [-0.05, 0) is 31.6 Å². The van der Waals surface area contributed by atoms with Crippen molar-refractivity contribution in [1.29, 1.82) is 0 Å². The fraction of sp³-hybridized carbons (Fsp3) is 0.588. The molecule has 1 N–H and O–H groups in total. The summed E-state index contributed by atoms with van der Waals surface area (Å²) in [6.07, 6.45) is 2.37. The second kappa shape index (κ2) is 5.83. The lowest BCUT2D eigenvalue weighted by Crippen LogP contribution is -2.40. The Morgan fingerprint density at radius 3 is 2.65 bits per heavy atom. The van der Waals surface area contributed by atoms with E-state index in [0.717, 1.165) is 19.4 Å². The number of aryl methyl sites for hydroxylation is 1. The molecule has 6 nitrogen and oxygen atoms in total. The number of pyridine rings is 1. The number of likely N-dealkylation sites (tertiary alicyclic amines) is 1. The number of rotatable bonds is 2. The Labute approximate surface area is 135 Å². The molecule has 1 aliphatic carbocycles. The number of nitrogens with one attached hydrogen (secondary N) is 1. The summed E-state index contributed by atoms with van der Waals surface area (Å²) in [7, 11) is 3.63. The largest absolute Gasteiger partial charge is 0.354 e. The summed E-state index contributed by atoms with van der Waals surface area (Å²) in [6, 6.07) is 2.95. The number of carbonyl (C=O) groups excluding carboxylic acids is 2. The first kappa shape index (κ1) is 15.8. The summed E-state index contributed by atoms with van der Waals surface area (Å²) in [5.74, 6) is 0.878. The monoisotopic (exact) mass is 317 g/mol. The topological polar surface area (TPSA) is 73.5 Å².